The molecule has 0 saturated heterocycles. The summed E-state index contributed by atoms with van der Waals surface area (Å²) in [5.74, 6) is 0. The third-order valence-corrected chi connectivity index (χ3v) is 26.0. The van der Waals surface area contributed by atoms with E-state index in [1.165, 1.54) is 174 Å². The number of pyridine rings is 3. The van der Waals surface area contributed by atoms with Crippen LogP contribution in [0, 0.1) is 0 Å². The Balaban J connectivity index is 0.000000104. The Kier molecular flexibility index (Phi) is 15.5. The van der Waals surface area contributed by atoms with E-state index in [1.807, 2.05) is 40.2 Å². The highest BCUT2D eigenvalue weighted by Crippen LogP contribution is 2.48. The smallest absolute Gasteiger partial charge is 0.0888 e. The van der Waals surface area contributed by atoms with Crippen LogP contribution in [0.1, 0.15) is 0 Å². The SMILES string of the molecule is c1ccc(-c2cc3c(sc4ccccc43)c(-c3ccc4c5ccccc5c5ccccc5c4c3)n2)cc1.c1ccc(-c2nc(-c3cccc(-c4ccc5c6ccccc6c6ccccc6c5c4)c3)cc3c2sc2ccccc23)cc1.c1ccc2c(c1)sc1c(-c3ccc4c5ccccc5c5ccccc5c4c3)nccc12. The zero-order valence-electron chi connectivity index (χ0n) is 59.9. The Labute approximate surface area is 651 Å². The lowest BCUT2D eigenvalue weighted by Gasteiger charge is -2.13. The van der Waals surface area contributed by atoms with Gasteiger partial charge in [-0.15, -0.1) is 34.0 Å². The fourth-order valence-electron chi connectivity index (χ4n) is 17.3. The minimum absolute atomic E-state index is 0.994. The van der Waals surface area contributed by atoms with E-state index >= 15 is 0 Å². The van der Waals surface area contributed by atoms with Crippen LogP contribution in [-0.4, -0.2) is 15.0 Å². The van der Waals surface area contributed by atoms with E-state index in [2.05, 4.69) is 376 Å². The summed E-state index contributed by atoms with van der Waals surface area (Å²) >= 11 is 5.50. The third kappa shape index (κ3) is 10.9. The number of benzene rings is 18. The number of thiophene rings is 3. The van der Waals surface area contributed by atoms with Crippen molar-refractivity contribution >= 4 is 191 Å². The Hall–Kier alpha value is -13.6. The van der Waals surface area contributed by atoms with Crippen LogP contribution in [0.15, 0.2) is 382 Å². The minimum Gasteiger partial charge on any atom is -0.255 e. The molecule has 0 atom stereocenters. The normalized spacial score (nSPS) is 11.8. The highest BCUT2D eigenvalue weighted by molar-refractivity contribution is 7.27. The summed E-state index contributed by atoms with van der Waals surface area (Å²) in [7, 11) is 0. The zero-order chi connectivity index (χ0) is 73.0. The first kappa shape index (κ1) is 64.6. The molecule has 0 radical (unpaired) electrons. The van der Waals surface area contributed by atoms with Crippen LogP contribution in [0.3, 0.4) is 0 Å². The van der Waals surface area contributed by atoms with E-state index in [0.29, 0.717) is 0 Å². The van der Waals surface area contributed by atoms with Gasteiger partial charge in [-0.3, -0.25) is 4.98 Å². The number of hydrogen-bond acceptors (Lipinski definition) is 6. The Morgan fingerprint density at radius 1 is 0.153 bits per heavy atom. The molecule has 0 N–H and O–H groups in total. The number of nitrogens with zero attached hydrogens (tertiary/aromatic N) is 3. The van der Waals surface area contributed by atoms with Gasteiger partial charge in [-0.1, -0.05) is 315 Å². The lowest BCUT2D eigenvalue weighted by atomic mass is 9.91. The van der Waals surface area contributed by atoms with Gasteiger partial charge in [-0.25, -0.2) is 9.97 Å². The Bertz CT molecular complexity index is 7800. The van der Waals surface area contributed by atoms with E-state index < -0.39 is 0 Å². The van der Waals surface area contributed by atoms with Gasteiger partial charge >= 0.3 is 0 Å². The first-order valence-corrected chi connectivity index (χ1v) is 40.1. The van der Waals surface area contributed by atoms with Crippen molar-refractivity contribution in [2.75, 3.05) is 0 Å². The van der Waals surface area contributed by atoms with E-state index in [0.717, 1.165) is 50.7 Å². The van der Waals surface area contributed by atoms with E-state index in [4.69, 9.17) is 15.0 Å². The van der Waals surface area contributed by atoms with Crippen LogP contribution in [0.25, 0.3) is 225 Å². The summed E-state index contributed by atoms with van der Waals surface area (Å²) < 4.78 is 7.63. The molecule has 24 aromatic rings. The van der Waals surface area contributed by atoms with Gasteiger partial charge in [0.15, 0.2) is 0 Å². The van der Waals surface area contributed by atoms with Crippen molar-refractivity contribution in [3.63, 3.8) is 0 Å². The van der Waals surface area contributed by atoms with Gasteiger partial charge in [0.05, 0.1) is 42.6 Å². The van der Waals surface area contributed by atoms with Crippen LogP contribution in [0.4, 0.5) is 0 Å². The van der Waals surface area contributed by atoms with Gasteiger partial charge in [0.1, 0.15) is 0 Å². The van der Waals surface area contributed by atoms with Gasteiger partial charge in [-0.2, -0.15) is 0 Å². The molecule has 0 fully saturated rings. The van der Waals surface area contributed by atoms with Crippen molar-refractivity contribution in [1.29, 1.82) is 0 Å². The molecule has 0 aliphatic heterocycles. The summed E-state index contributed by atoms with van der Waals surface area (Å²) in [6, 6.07) is 136. The molecule has 0 aliphatic rings. The number of hydrogen-bond donors (Lipinski definition) is 0. The lowest BCUT2D eigenvalue weighted by molar-refractivity contribution is 1.36. The predicted octanol–water partition coefficient (Wildman–Crippen LogP) is 30.7. The molecule has 18 aromatic carbocycles. The molecule has 3 nitrogen and oxygen atoms in total. The Morgan fingerprint density at radius 2 is 0.432 bits per heavy atom. The van der Waals surface area contributed by atoms with Crippen LogP contribution < -0.4 is 0 Å². The van der Waals surface area contributed by atoms with Gasteiger partial charge in [0, 0.05) is 80.4 Å². The fourth-order valence-corrected chi connectivity index (χ4v) is 20.9. The van der Waals surface area contributed by atoms with Crippen LogP contribution in [0.5, 0.6) is 0 Å². The molecule has 0 spiro atoms. The molecule has 0 amide bonds. The average molecular weight is 1460 g/mol. The van der Waals surface area contributed by atoms with Crippen LogP contribution in [-0.2, 0) is 0 Å². The van der Waals surface area contributed by atoms with E-state index in [-0.39, 0.29) is 0 Å². The van der Waals surface area contributed by atoms with Crippen molar-refractivity contribution < 1.29 is 0 Å². The standard InChI is InChI=1S/C41H25NS.C35H21NS.C29H17NS/c1-2-11-26(12-3-1)40-41-37(35-19-8-9-20-39(35)43-41)25-38(42-40)29-14-10-13-27(23-29)28-21-22-34-32-17-5-4-15-30(32)31-16-6-7-18-33(31)36(34)24-28;1-2-10-22(11-3-1)32-21-31-29-16-8-9-17-33(29)37-35(31)34(36-32)23-18-19-28-26-14-5-4-12-24(26)25-13-6-7-15-27(25)30(28)20-23;1-2-9-21-19(7-1)20-8-3-4-10-22(20)26-17-18(13-14-23(21)26)28-29-25(15-16-30-28)24-11-5-6-12-27(24)31-29/h1-25H;1-21H;1-17H. The van der Waals surface area contributed by atoms with Crippen molar-refractivity contribution in [3.8, 4) is 67.4 Å². The van der Waals surface area contributed by atoms with Gasteiger partial charge in [0.2, 0.25) is 0 Å². The van der Waals surface area contributed by atoms with Crippen molar-refractivity contribution in [1.82, 2.24) is 15.0 Å². The number of rotatable bonds is 6. The second-order valence-electron chi connectivity index (χ2n) is 28.7. The third-order valence-electron chi connectivity index (χ3n) is 22.4. The summed E-state index contributed by atoms with van der Waals surface area (Å²) in [5.41, 5.74) is 13.3. The topological polar surface area (TPSA) is 38.7 Å². The largest absolute Gasteiger partial charge is 0.255 e. The lowest BCUT2D eigenvalue weighted by Crippen LogP contribution is -1.90. The second kappa shape index (κ2) is 26.7. The summed E-state index contributed by atoms with van der Waals surface area (Å²) in [6.07, 6.45) is 1.94. The van der Waals surface area contributed by atoms with Gasteiger partial charge in [0.25, 0.3) is 0 Å². The van der Waals surface area contributed by atoms with E-state index in [9.17, 15) is 0 Å². The molecule has 24 rings (SSSR count). The maximum atomic E-state index is 5.31. The second-order valence-corrected chi connectivity index (χ2v) is 31.8. The van der Waals surface area contributed by atoms with Crippen LogP contribution >= 0.6 is 34.0 Å². The molecule has 0 unspecified atom stereocenters. The van der Waals surface area contributed by atoms with Crippen molar-refractivity contribution in [2.24, 2.45) is 0 Å². The molecule has 6 heterocycles. The first-order chi connectivity index (χ1) is 55.0. The van der Waals surface area contributed by atoms with Crippen LogP contribution in [0.2, 0.25) is 0 Å². The molecule has 111 heavy (non-hydrogen) atoms. The molecule has 0 aliphatic carbocycles. The average Bonchev–Trinajstić information content (AvgIpc) is 1.66. The predicted molar refractivity (Wildman–Crippen MR) is 482 cm³/mol. The maximum absolute atomic E-state index is 5.31. The Morgan fingerprint density at radius 3 is 0.856 bits per heavy atom. The zero-order valence-corrected chi connectivity index (χ0v) is 62.4. The summed E-state index contributed by atoms with van der Waals surface area (Å²) in [6.45, 7) is 0. The highest BCUT2D eigenvalue weighted by Gasteiger charge is 2.21. The molecular formula is C105H63N3S3. The number of fused-ring (bicyclic) bond motifs is 27. The maximum Gasteiger partial charge on any atom is 0.0888 e. The number of aromatic nitrogens is 3. The summed E-state index contributed by atoms with van der Waals surface area (Å²) in [5, 5.41) is 31.0. The van der Waals surface area contributed by atoms with Gasteiger partial charge < -0.3 is 0 Å². The first-order valence-electron chi connectivity index (χ1n) is 37.7. The molecular weight excluding hydrogens is 1400 g/mol. The van der Waals surface area contributed by atoms with Crippen molar-refractivity contribution in [3.05, 3.63) is 382 Å². The van der Waals surface area contributed by atoms with E-state index in [1.54, 1.807) is 0 Å². The fraction of sp³-hybridized carbons (Fsp3) is 0. The molecule has 6 heteroatoms. The quantitative estimate of drug-likeness (QED) is 0.156. The minimum atomic E-state index is 0.994. The molecule has 6 aromatic heterocycles. The molecule has 0 saturated carbocycles. The molecule has 516 valence electrons. The molecule has 0 bridgehead atoms. The highest BCUT2D eigenvalue weighted by atomic mass is 32.1. The van der Waals surface area contributed by atoms with Gasteiger partial charge in [-0.05, 0) is 169 Å². The van der Waals surface area contributed by atoms with Crippen molar-refractivity contribution in [2.45, 2.75) is 0 Å². The summed E-state index contributed by atoms with van der Waals surface area (Å²) in [4.78, 5) is 15.4. The monoisotopic (exact) mass is 1460 g/mol.